The maximum atomic E-state index is 5.83. The summed E-state index contributed by atoms with van der Waals surface area (Å²) in [5, 5.41) is 0. The molecular weight excluding hydrogens is 300 g/mol. The van der Waals surface area contributed by atoms with Crippen LogP contribution in [0, 0.1) is 0 Å². The molecule has 2 rings (SSSR count). The molecule has 0 aliphatic carbocycles. The Morgan fingerprint density at radius 2 is 1.33 bits per heavy atom. The molecule has 0 aliphatic rings. The van der Waals surface area contributed by atoms with Crippen molar-refractivity contribution in [3.05, 3.63) is 59.7 Å². The fraction of sp³-hybridized carbons (Fsp3) is 0.429. The maximum Gasteiger partial charge on any atom is 0.122 e. The topological polar surface area (TPSA) is 27.7 Å². The highest BCUT2D eigenvalue weighted by molar-refractivity contribution is 5.35. The van der Waals surface area contributed by atoms with Crippen LogP contribution in [0.3, 0.4) is 0 Å². The number of hydrogen-bond acceptors (Lipinski definition) is 3. The van der Waals surface area contributed by atoms with Crippen molar-refractivity contribution in [3.8, 4) is 11.5 Å². The lowest BCUT2D eigenvalue weighted by Crippen LogP contribution is -2.13. The van der Waals surface area contributed by atoms with Gasteiger partial charge in [-0.3, -0.25) is 0 Å². The van der Waals surface area contributed by atoms with Gasteiger partial charge in [-0.15, -0.1) is 0 Å². The van der Waals surface area contributed by atoms with E-state index in [4.69, 9.17) is 14.2 Å². The molecule has 0 atom stereocenters. The van der Waals surface area contributed by atoms with Crippen molar-refractivity contribution in [1.82, 2.24) is 0 Å². The van der Waals surface area contributed by atoms with E-state index in [1.807, 2.05) is 36.4 Å². The molecule has 0 amide bonds. The van der Waals surface area contributed by atoms with Gasteiger partial charge in [0.25, 0.3) is 0 Å². The lowest BCUT2D eigenvalue weighted by molar-refractivity contribution is 0.0759. The van der Waals surface area contributed by atoms with E-state index in [0.29, 0.717) is 32.3 Å². The van der Waals surface area contributed by atoms with E-state index < -0.39 is 0 Å². The molecule has 0 bridgehead atoms. The molecule has 130 valence electrons. The second kappa shape index (κ2) is 9.99. The third-order valence-corrected chi connectivity index (χ3v) is 3.87. The second-order valence-corrected chi connectivity index (χ2v) is 5.96. The van der Waals surface area contributed by atoms with Crippen LogP contribution in [0.4, 0.5) is 0 Å². The van der Waals surface area contributed by atoms with Gasteiger partial charge in [-0.1, -0.05) is 57.2 Å². The van der Waals surface area contributed by atoms with Crippen molar-refractivity contribution in [2.75, 3.05) is 26.4 Å². The van der Waals surface area contributed by atoms with Gasteiger partial charge in [0, 0.05) is 0 Å². The summed E-state index contributed by atoms with van der Waals surface area (Å²) in [5.41, 5.74) is 2.46. The third kappa shape index (κ3) is 5.57. The summed E-state index contributed by atoms with van der Waals surface area (Å²) in [4.78, 5) is 0. The molecule has 0 saturated heterocycles. The smallest absolute Gasteiger partial charge is 0.122 e. The molecule has 24 heavy (non-hydrogen) atoms. The molecule has 0 heterocycles. The average molecular weight is 328 g/mol. The monoisotopic (exact) mass is 328 g/mol. The van der Waals surface area contributed by atoms with Crippen LogP contribution in [0.15, 0.2) is 48.5 Å². The number of aryl methyl sites for hydroxylation is 1. The number of hydrogen-bond donors (Lipinski definition) is 0. The first kappa shape index (κ1) is 18.3. The first-order chi connectivity index (χ1) is 11.7. The molecule has 3 nitrogen and oxygen atoms in total. The van der Waals surface area contributed by atoms with E-state index >= 15 is 0 Å². The molecule has 0 radical (unpaired) electrons. The van der Waals surface area contributed by atoms with Gasteiger partial charge in [-0.25, -0.2) is 0 Å². The average Bonchev–Trinajstić information content (AvgIpc) is 2.61. The Kier molecular flexibility index (Phi) is 7.63. The SMILES string of the molecule is CCc1ccccc1OCCOCCOc1ccccc1C(C)C. The van der Waals surface area contributed by atoms with Crippen molar-refractivity contribution in [1.29, 1.82) is 0 Å². The molecule has 2 aromatic carbocycles. The summed E-state index contributed by atoms with van der Waals surface area (Å²) < 4.78 is 17.2. The van der Waals surface area contributed by atoms with Gasteiger partial charge in [0.2, 0.25) is 0 Å². The Morgan fingerprint density at radius 3 is 2.00 bits per heavy atom. The summed E-state index contributed by atoms with van der Waals surface area (Å²) in [6, 6.07) is 16.3. The molecule has 2 aromatic rings. The lowest BCUT2D eigenvalue weighted by atomic mass is 10.0. The van der Waals surface area contributed by atoms with Crippen LogP contribution in [-0.2, 0) is 11.2 Å². The highest BCUT2D eigenvalue weighted by Crippen LogP contribution is 2.25. The second-order valence-electron chi connectivity index (χ2n) is 5.96. The molecule has 0 aromatic heterocycles. The molecule has 0 aliphatic heterocycles. The third-order valence-electron chi connectivity index (χ3n) is 3.87. The minimum absolute atomic E-state index is 0.453. The number of rotatable bonds is 10. The molecule has 0 N–H and O–H groups in total. The van der Waals surface area contributed by atoms with E-state index in [0.717, 1.165) is 17.9 Å². The van der Waals surface area contributed by atoms with Gasteiger partial charge in [-0.05, 0) is 35.6 Å². The van der Waals surface area contributed by atoms with Gasteiger partial charge in [-0.2, -0.15) is 0 Å². The zero-order valence-corrected chi connectivity index (χ0v) is 15.0. The van der Waals surface area contributed by atoms with E-state index in [2.05, 4.69) is 32.9 Å². The van der Waals surface area contributed by atoms with Crippen molar-refractivity contribution in [2.45, 2.75) is 33.1 Å². The van der Waals surface area contributed by atoms with E-state index in [1.54, 1.807) is 0 Å². The molecule has 0 fully saturated rings. The number of ether oxygens (including phenoxy) is 3. The zero-order chi connectivity index (χ0) is 17.2. The van der Waals surface area contributed by atoms with E-state index in [9.17, 15) is 0 Å². The summed E-state index contributed by atoms with van der Waals surface area (Å²) in [6.45, 7) is 8.70. The molecule has 0 saturated carbocycles. The van der Waals surface area contributed by atoms with Gasteiger partial charge in [0.15, 0.2) is 0 Å². The Balaban J connectivity index is 1.64. The van der Waals surface area contributed by atoms with Crippen molar-refractivity contribution < 1.29 is 14.2 Å². The number of benzene rings is 2. The summed E-state index contributed by atoms with van der Waals surface area (Å²) in [5.74, 6) is 2.35. The lowest BCUT2D eigenvalue weighted by Gasteiger charge is -2.14. The van der Waals surface area contributed by atoms with Crippen LogP contribution in [0.2, 0.25) is 0 Å². The van der Waals surface area contributed by atoms with Gasteiger partial charge >= 0.3 is 0 Å². The van der Waals surface area contributed by atoms with Gasteiger partial charge in [0.05, 0.1) is 13.2 Å². The Hall–Kier alpha value is -2.00. The van der Waals surface area contributed by atoms with Crippen LogP contribution < -0.4 is 9.47 Å². The first-order valence-electron chi connectivity index (χ1n) is 8.72. The first-order valence-corrected chi connectivity index (χ1v) is 8.72. The highest BCUT2D eigenvalue weighted by Gasteiger charge is 2.06. The van der Waals surface area contributed by atoms with Crippen LogP contribution >= 0.6 is 0 Å². The van der Waals surface area contributed by atoms with Crippen LogP contribution in [-0.4, -0.2) is 26.4 Å². The van der Waals surface area contributed by atoms with Crippen molar-refractivity contribution >= 4 is 0 Å². The summed E-state index contributed by atoms with van der Waals surface area (Å²) in [7, 11) is 0. The normalized spacial score (nSPS) is 10.8. The Morgan fingerprint density at radius 1 is 0.750 bits per heavy atom. The fourth-order valence-corrected chi connectivity index (χ4v) is 2.55. The Bertz CT molecular complexity index is 608. The highest BCUT2D eigenvalue weighted by atomic mass is 16.5. The molecule has 0 spiro atoms. The summed E-state index contributed by atoms with van der Waals surface area (Å²) in [6.07, 6.45) is 0.972. The van der Waals surface area contributed by atoms with E-state index in [-0.39, 0.29) is 0 Å². The maximum absolute atomic E-state index is 5.83. The largest absolute Gasteiger partial charge is 0.491 e. The molecular formula is C21H28O3. The van der Waals surface area contributed by atoms with Crippen molar-refractivity contribution in [2.24, 2.45) is 0 Å². The van der Waals surface area contributed by atoms with Crippen LogP contribution in [0.5, 0.6) is 11.5 Å². The van der Waals surface area contributed by atoms with Crippen LogP contribution in [0.1, 0.15) is 37.8 Å². The molecule has 3 heteroatoms. The minimum Gasteiger partial charge on any atom is -0.491 e. The van der Waals surface area contributed by atoms with Gasteiger partial charge in [0.1, 0.15) is 24.7 Å². The minimum atomic E-state index is 0.453. The molecule has 0 unspecified atom stereocenters. The van der Waals surface area contributed by atoms with Crippen molar-refractivity contribution in [3.63, 3.8) is 0 Å². The predicted molar refractivity (Wildman–Crippen MR) is 98.2 cm³/mol. The quantitative estimate of drug-likeness (QED) is 0.584. The fourth-order valence-electron chi connectivity index (χ4n) is 2.55. The standard InChI is InChI=1S/C21H28O3/c1-4-18-9-5-7-11-20(18)23-15-13-22-14-16-24-21-12-8-6-10-19(21)17(2)3/h5-12,17H,4,13-16H2,1-3H3. The summed E-state index contributed by atoms with van der Waals surface area (Å²) >= 11 is 0. The van der Waals surface area contributed by atoms with Crippen LogP contribution in [0.25, 0.3) is 0 Å². The van der Waals surface area contributed by atoms with Gasteiger partial charge < -0.3 is 14.2 Å². The predicted octanol–water partition coefficient (Wildman–Crippen LogP) is 4.85. The van der Waals surface area contributed by atoms with E-state index in [1.165, 1.54) is 11.1 Å². The number of para-hydroxylation sites is 2. The zero-order valence-electron chi connectivity index (χ0n) is 15.0. The Labute approximate surface area is 145 Å².